The first kappa shape index (κ1) is 27.4. The van der Waals surface area contributed by atoms with Gasteiger partial charge in [0.25, 0.3) is 16.5 Å². The predicted octanol–water partition coefficient (Wildman–Crippen LogP) is 4.93. The second-order valence-corrected chi connectivity index (χ2v) is 13.4. The minimum atomic E-state index is -3.80. The van der Waals surface area contributed by atoms with E-state index in [0.717, 1.165) is 40.8 Å². The lowest BCUT2D eigenvalue weighted by Gasteiger charge is -2.24. The first-order valence-electron chi connectivity index (χ1n) is 12.9. The summed E-state index contributed by atoms with van der Waals surface area (Å²) < 4.78 is 39.3. The Morgan fingerprint density at radius 1 is 1.21 bits per heavy atom. The van der Waals surface area contributed by atoms with Crippen LogP contribution in [0.4, 0.5) is 0 Å². The Kier molecular flexibility index (Phi) is 7.53. The summed E-state index contributed by atoms with van der Waals surface area (Å²) in [6, 6.07) is 7.13. The third-order valence-corrected chi connectivity index (χ3v) is 9.40. The third kappa shape index (κ3) is 5.87. The first-order valence-corrected chi connectivity index (χ1v) is 15.2. The van der Waals surface area contributed by atoms with E-state index in [2.05, 4.69) is 19.8 Å². The number of hydrogen-bond donors (Lipinski definition) is 1. The molecule has 1 aliphatic rings. The van der Waals surface area contributed by atoms with Crippen molar-refractivity contribution < 1.29 is 22.5 Å². The van der Waals surface area contributed by atoms with Crippen LogP contribution in [0, 0.1) is 5.92 Å². The summed E-state index contributed by atoms with van der Waals surface area (Å²) in [5.74, 6) is 1.25. The average molecular weight is 570 g/mol. The molecule has 4 aromatic rings. The fourth-order valence-corrected chi connectivity index (χ4v) is 7.08. The number of fused-ring (bicyclic) bond motifs is 1. The number of carbonyl (C=O) groups is 1. The van der Waals surface area contributed by atoms with Crippen LogP contribution in [0.1, 0.15) is 58.5 Å². The number of pyridine rings is 1. The molecule has 0 amide bonds. The minimum absolute atomic E-state index is 0.00352. The topological polar surface area (TPSA) is 137 Å². The lowest BCUT2D eigenvalue weighted by molar-refractivity contribution is -0.140. The van der Waals surface area contributed by atoms with Gasteiger partial charge in [0.2, 0.25) is 11.7 Å². The van der Waals surface area contributed by atoms with Crippen LogP contribution in [-0.2, 0) is 32.4 Å². The molecule has 0 saturated heterocycles. The van der Waals surface area contributed by atoms with Crippen LogP contribution < -0.4 is 4.72 Å². The monoisotopic (exact) mass is 569 g/mol. The van der Waals surface area contributed by atoms with Crippen LogP contribution in [0.15, 0.2) is 40.0 Å². The Hall–Kier alpha value is -3.22. The van der Waals surface area contributed by atoms with Gasteiger partial charge < -0.3 is 9.26 Å². The fourth-order valence-electron chi connectivity index (χ4n) is 4.64. The van der Waals surface area contributed by atoms with E-state index in [9.17, 15) is 13.2 Å². The number of benzene rings is 1. The highest BCUT2D eigenvalue weighted by molar-refractivity contribution is 7.89. The highest BCUT2D eigenvalue weighted by Crippen LogP contribution is 2.41. The number of rotatable bonds is 11. The van der Waals surface area contributed by atoms with E-state index in [4.69, 9.17) is 14.2 Å². The molecule has 0 radical (unpaired) electrons. The average Bonchev–Trinajstić information content (AvgIpc) is 3.46. The van der Waals surface area contributed by atoms with Crippen molar-refractivity contribution in [3.05, 3.63) is 42.0 Å². The lowest BCUT2D eigenvalue weighted by Crippen LogP contribution is -2.31. The van der Waals surface area contributed by atoms with Crippen molar-refractivity contribution in [3.63, 3.8) is 0 Å². The Bertz CT molecular complexity index is 1610. The smallest absolute Gasteiger partial charge is 0.293 e. The molecule has 1 N–H and O–H groups in total. The van der Waals surface area contributed by atoms with Crippen LogP contribution in [0.5, 0.6) is 0 Å². The zero-order valence-electron chi connectivity index (χ0n) is 22.3. The fraction of sp³-hybridized carbons (Fsp3) is 0.444. The second-order valence-electron chi connectivity index (χ2n) is 10.8. The van der Waals surface area contributed by atoms with Crippen LogP contribution in [0.2, 0.25) is 0 Å². The normalized spacial score (nSPS) is 14.6. The van der Waals surface area contributed by atoms with Gasteiger partial charge >= 0.3 is 0 Å². The molecule has 5 rings (SSSR count). The van der Waals surface area contributed by atoms with Crippen LogP contribution in [0.25, 0.3) is 32.0 Å². The Morgan fingerprint density at radius 2 is 1.95 bits per heavy atom. The predicted molar refractivity (Wildman–Crippen MR) is 148 cm³/mol. The molecule has 3 aromatic heterocycles. The summed E-state index contributed by atoms with van der Waals surface area (Å²) in [6.45, 7) is 7.49. The molecular weight excluding hydrogens is 538 g/mol. The first-order chi connectivity index (χ1) is 18.6. The number of aromatic nitrogens is 4. The van der Waals surface area contributed by atoms with Gasteiger partial charge in [-0.15, -0.1) is 11.3 Å². The van der Waals surface area contributed by atoms with Crippen molar-refractivity contribution >= 4 is 38.6 Å². The van der Waals surface area contributed by atoms with E-state index in [1.807, 2.05) is 18.2 Å². The molecule has 0 spiro atoms. The van der Waals surface area contributed by atoms with E-state index in [0.29, 0.717) is 34.5 Å². The summed E-state index contributed by atoms with van der Waals surface area (Å²) >= 11 is 1.43. The summed E-state index contributed by atoms with van der Waals surface area (Å²) in [7, 11) is -3.80. The van der Waals surface area contributed by atoms with Crippen molar-refractivity contribution in [3.8, 4) is 21.3 Å². The summed E-state index contributed by atoms with van der Waals surface area (Å²) in [6.07, 6.45) is 6.22. The zero-order chi connectivity index (χ0) is 27.8. The molecular formula is C27H31N5O5S2. The number of sulfonamides is 1. The lowest BCUT2D eigenvalue weighted by atomic mass is 9.82. The van der Waals surface area contributed by atoms with Crippen molar-refractivity contribution in [1.29, 1.82) is 0 Å². The Balaban J connectivity index is 1.58. The minimum Gasteiger partial charge on any atom is -0.461 e. The quantitative estimate of drug-likeness (QED) is 0.249. The van der Waals surface area contributed by atoms with E-state index in [1.165, 1.54) is 17.8 Å². The molecule has 1 aliphatic carbocycles. The molecule has 0 aliphatic heterocycles. The molecule has 39 heavy (non-hydrogen) atoms. The summed E-state index contributed by atoms with van der Waals surface area (Å²) in [5, 5.41) is 6.08. The number of nitrogens with one attached hydrogen (secondary N) is 1. The molecule has 206 valence electrons. The number of nitrogens with zero attached hydrogens (tertiary/aromatic N) is 4. The van der Waals surface area contributed by atoms with Gasteiger partial charge in [0, 0.05) is 23.2 Å². The molecule has 0 atom stereocenters. The molecule has 12 heteroatoms. The van der Waals surface area contributed by atoms with E-state index in [-0.39, 0.29) is 17.5 Å². The summed E-state index contributed by atoms with van der Waals surface area (Å²) in [5.41, 5.74) is 0.946. The van der Waals surface area contributed by atoms with Gasteiger partial charge in [0.05, 0.1) is 17.0 Å². The number of ether oxygens (including phenoxy) is 1. The molecule has 0 unspecified atom stereocenters. The maximum atomic E-state index is 13.1. The maximum absolute atomic E-state index is 13.1. The van der Waals surface area contributed by atoms with Crippen molar-refractivity contribution in [2.24, 2.45) is 5.92 Å². The Labute approximate surface area is 231 Å². The molecule has 1 saturated carbocycles. The molecule has 1 aromatic carbocycles. The zero-order valence-corrected chi connectivity index (χ0v) is 23.9. The van der Waals surface area contributed by atoms with Crippen LogP contribution in [-0.4, -0.2) is 46.6 Å². The van der Waals surface area contributed by atoms with Gasteiger partial charge in [-0.05, 0) is 45.4 Å². The van der Waals surface area contributed by atoms with Crippen molar-refractivity contribution in [2.75, 3.05) is 0 Å². The molecule has 1 fully saturated rings. The molecule has 0 bridgehead atoms. The van der Waals surface area contributed by atoms with Gasteiger partial charge in [0.15, 0.2) is 10.0 Å². The maximum Gasteiger partial charge on any atom is 0.293 e. The van der Waals surface area contributed by atoms with Gasteiger partial charge in [0.1, 0.15) is 5.60 Å². The van der Waals surface area contributed by atoms with E-state index >= 15 is 0 Å². The highest BCUT2D eigenvalue weighted by Gasteiger charge is 2.28. The van der Waals surface area contributed by atoms with Crippen molar-refractivity contribution in [2.45, 2.75) is 76.5 Å². The second kappa shape index (κ2) is 10.7. The van der Waals surface area contributed by atoms with Crippen LogP contribution in [0.3, 0.4) is 0 Å². The van der Waals surface area contributed by atoms with Crippen molar-refractivity contribution in [1.82, 2.24) is 24.8 Å². The van der Waals surface area contributed by atoms with Gasteiger partial charge in [-0.1, -0.05) is 48.7 Å². The molecule has 3 heterocycles. The number of carbonyl (C=O) groups excluding carboxylic acids is 1. The SMILES string of the molecule is CC(C)NS(=O)(=O)c1ncc(-c2sc(-c3noc(CC(C)(C)OC=O)n3)nc2CC2CCC2)c2ccccc12. The van der Waals surface area contributed by atoms with Crippen LogP contribution >= 0.6 is 11.3 Å². The third-order valence-electron chi connectivity index (χ3n) is 6.66. The highest BCUT2D eigenvalue weighted by atomic mass is 32.2. The van der Waals surface area contributed by atoms with Gasteiger partial charge in [-0.3, -0.25) is 4.79 Å². The van der Waals surface area contributed by atoms with E-state index < -0.39 is 15.6 Å². The standard InChI is InChI=1S/C27H31N5O5S2/c1-16(2)32-39(34,35)26-19-11-6-5-10-18(19)20(14-28-26)23-21(12-17-8-7-9-17)29-25(38-23)24-30-22(37-31-24)13-27(3,4)36-15-33/h5-6,10-11,14-17,32H,7-9,12-13H2,1-4H3. The van der Waals surface area contributed by atoms with E-state index in [1.54, 1.807) is 40.0 Å². The molecule has 10 nitrogen and oxygen atoms in total. The van der Waals surface area contributed by atoms with Gasteiger partial charge in [-0.25, -0.2) is 23.1 Å². The summed E-state index contributed by atoms with van der Waals surface area (Å²) in [4.78, 5) is 25.6. The largest absolute Gasteiger partial charge is 0.461 e. The van der Waals surface area contributed by atoms with Gasteiger partial charge in [-0.2, -0.15) is 4.98 Å². The number of thiazole rings is 1. The number of hydrogen-bond acceptors (Lipinski definition) is 10. The Morgan fingerprint density at radius 3 is 2.62 bits per heavy atom.